The maximum atomic E-state index is 13.3. The number of hydrogen-bond acceptors (Lipinski definition) is 5. The standard InChI is InChI=1S/C21H29F2N3O3/c1-20(2,28)17(9-13-3-4-13)25-18(27)15-7-8-16(26-11-21(22,23)12-26)19(24-15)29-10-14-5-6-14/h7-8,13-14,17,28H,3-6,9-12H2,1-2H3,(H,25,27)/t17-/m0/s1. The average molecular weight is 409 g/mol. The number of halogens is 2. The maximum Gasteiger partial charge on any atom is 0.282 e. The Hall–Kier alpha value is -1.96. The van der Waals surface area contributed by atoms with Crippen molar-refractivity contribution < 1.29 is 23.4 Å². The molecule has 4 rings (SSSR count). The van der Waals surface area contributed by atoms with E-state index in [1.54, 1.807) is 19.9 Å². The average Bonchev–Trinajstić information content (AvgIpc) is 3.50. The molecule has 2 saturated carbocycles. The predicted octanol–water partition coefficient (Wildman–Crippen LogP) is 3.00. The number of pyridine rings is 1. The van der Waals surface area contributed by atoms with E-state index in [9.17, 15) is 18.7 Å². The van der Waals surface area contributed by atoms with Gasteiger partial charge in [-0.15, -0.1) is 0 Å². The molecule has 2 aliphatic carbocycles. The van der Waals surface area contributed by atoms with Crippen LogP contribution in [-0.2, 0) is 0 Å². The van der Waals surface area contributed by atoms with Gasteiger partial charge in [-0.2, -0.15) is 0 Å². The molecule has 8 heteroatoms. The van der Waals surface area contributed by atoms with Crippen molar-refractivity contribution in [2.45, 2.75) is 63.5 Å². The molecular weight excluding hydrogens is 380 g/mol. The molecule has 0 spiro atoms. The predicted molar refractivity (Wildman–Crippen MR) is 105 cm³/mol. The highest BCUT2D eigenvalue weighted by Gasteiger charge is 2.45. The van der Waals surface area contributed by atoms with Gasteiger partial charge in [0.05, 0.1) is 31.3 Å². The summed E-state index contributed by atoms with van der Waals surface area (Å²) in [7, 11) is 0. The van der Waals surface area contributed by atoms with E-state index in [4.69, 9.17) is 4.74 Å². The topological polar surface area (TPSA) is 74.7 Å². The number of nitrogens with one attached hydrogen (secondary N) is 1. The summed E-state index contributed by atoms with van der Waals surface area (Å²) in [5.74, 6) is -1.87. The van der Waals surface area contributed by atoms with Gasteiger partial charge in [-0.1, -0.05) is 12.8 Å². The fraction of sp³-hybridized carbons (Fsp3) is 0.714. The second-order valence-corrected chi connectivity index (χ2v) is 9.35. The lowest BCUT2D eigenvalue weighted by Crippen LogP contribution is -2.56. The number of carbonyl (C=O) groups is 1. The highest BCUT2D eigenvalue weighted by atomic mass is 19.3. The smallest absolute Gasteiger partial charge is 0.282 e. The largest absolute Gasteiger partial charge is 0.476 e. The van der Waals surface area contributed by atoms with Crippen molar-refractivity contribution in [3.63, 3.8) is 0 Å². The normalized spacial score (nSPS) is 22.0. The third-order valence-electron chi connectivity index (χ3n) is 5.83. The molecule has 1 aromatic heterocycles. The quantitative estimate of drug-likeness (QED) is 0.656. The van der Waals surface area contributed by atoms with Crippen molar-refractivity contribution in [3.8, 4) is 5.88 Å². The first-order valence-corrected chi connectivity index (χ1v) is 10.4. The molecule has 3 fully saturated rings. The van der Waals surface area contributed by atoms with Crippen molar-refractivity contribution in [1.29, 1.82) is 0 Å². The Morgan fingerprint density at radius 3 is 2.52 bits per heavy atom. The second kappa shape index (κ2) is 7.38. The molecule has 0 aromatic carbocycles. The number of amides is 1. The molecule has 160 valence electrons. The van der Waals surface area contributed by atoms with Crippen LogP contribution in [0.15, 0.2) is 12.1 Å². The first kappa shape index (κ1) is 20.3. The molecular formula is C21H29F2N3O3. The van der Waals surface area contributed by atoms with Gasteiger partial charge >= 0.3 is 0 Å². The zero-order valence-corrected chi connectivity index (χ0v) is 17.0. The second-order valence-electron chi connectivity index (χ2n) is 9.35. The Kier molecular flexibility index (Phi) is 5.17. The number of hydrogen-bond donors (Lipinski definition) is 2. The Morgan fingerprint density at radius 1 is 1.31 bits per heavy atom. The number of aliphatic hydroxyl groups is 1. The summed E-state index contributed by atoms with van der Waals surface area (Å²) < 4.78 is 32.4. The van der Waals surface area contributed by atoms with Crippen LogP contribution in [0.5, 0.6) is 5.88 Å². The molecule has 3 aliphatic rings. The molecule has 1 aliphatic heterocycles. The van der Waals surface area contributed by atoms with Crippen LogP contribution in [0.3, 0.4) is 0 Å². The number of rotatable bonds is 9. The van der Waals surface area contributed by atoms with Crippen LogP contribution in [0.4, 0.5) is 14.5 Å². The lowest BCUT2D eigenvalue weighted by atomic mass is 9.93. The highest BCUT2D eigenvalue weighted by molar-refractivity contribution is 5.93. The maximum absolute atomic E-state index is 13.3. The number of carbonyl (C=O) groups excluding carboxylic acids is 1. The monoisotopic (exact) mass is 409 g/mol. The number of aromatic nitrogens is 1. The summed E-state index contributed by atoms with van der Waals surface area (Å²) in [4.78, 5) is 18.7. The Balaban J connectivity index is 1.49. The van der Waals surface area contributed by atoms with Gasteiger partial charge in [-0.3, -0.25) is 4.79 Å². The summed E-state index contributed by atoms with van der Waals surface area (Å²) in [6.07, 6.45) is 5.14. The summed E-state index contributed by atoms with van der Waals surface area (Å²) in [6, 6.07) is 2.78. The molecule has 29 heavy (non-hydrogen) atoms. The van der Waals surface area contributed by atoms with E-state index in [0.29, 0.717) is 24.1 Å². The van der Waals surface area contributed by atoms with Crippen LogP contribution in [-0.4, -0.2) is 53.3 Å². The highest BCUT2D eigenvalue weighted by Crippen LogP contribution is 2.38. The summed E-state index contributed by atoms with van der Waals surface area (Å²) in [6.45, 7) is 3.10. The van der Waals surface area contributed by atoms with E-state index in [0.717, 1.165) is 32.1 Å². The van der Waals surface area contributed by atoms with E-state index in [1.165, 1.54) is 11.0 Å². The number of alkyl halides is 2. The number of ether oxygens (including phenoxy) is 1. The van der Waals surface area contributed by atoms with Gasteiger partial charge < -0.3 is 20.1 Å². The summed E-state index contributed by atoms with van der Waals surface area (Å²) >= 11 is 0. The third-order valence-corrected chi connectivity index (χ3v) is 5.83. The van der Waals surface area contributed by atoms with Gasteiger partial charge in [0.1, 0.15) is 11.4 Å². The summed E-state index contributed by atoms with van der Waals surface area (Å²) in [5, 5.41) is 13.3. The van der Waals surface area contributed by atoms with E-state index in [-0.39, 0.29) is 30.7 Å². The number of nitrogens with zero attached hydrogens (tertiary/aromatic N) is 2. The van der Waals surface area contributed by atoms with Crippen molar-refractivity contribution in [2.75, 3.05) is 24.6 Å². The Labute approximate surface area is 169 Å². The van der Waals surface area contributed by atoms with Gasteiger partial charge in [-0.05, 0) is 57.1 Å². The molecule has 0 radical (unpaired) electrons. The minimum Gasteiger partial charge on any atom is -0.476 e. The van der Waals surface area contributed by atoms with Crippen molar-refractivity contribution in [2.24, 2.45) is 11.8 Å². The molecule has 0 unspecified atom stereocenters. The van der Waals surface area contributed by atoms with E-state index in [1.807, 2.05) is 0 Å². The van der Waals surface area contributed by atoms with E-state index in [2.05, 4.69) is 10.3 Å². The first-order valence-electron chi connectivity index (χ1n) is 10.4. The minimum absolute atomic E-state index is 0.164. The molecule has 2 heterocycles. The molecule has 2 N–H and O–H groups in total. The zero-order valence-electron chi connectivity index (χ0n) is 17.0. The van der Waals surface area contributed by atoms with E-state index >= 15 is 0 Å². The van der Waals surface area contributed by atoms with Crippen LogP contribution in [0.2, 0.25) is 0 Å². The molecule has 1 saturated heterocycles. The third kappa shape index (κ3) is 5.15. The molecule has 1 amide bonds. The lowest BCUT2D eigenvalue weighted by molar-refractivity contribution is -0.0265. The van der Waals surface area contributed by atoms with E-state index < -0.39 is 17.4 Å². The van der Waals surface area contributed by atoms with Crippen molar-refractivity contribution in [3.05, 3.63) is 17.8 Å². The number of anilines is 1. The van der Waals surface area contributed by atoms with Crippen LogP contribution in [0.25, 0.3) is 0 Å². The fourth-order valence-corrected chi connectivity index (χ4v) is 3.51. The summed E-state index contributed by atoms with van der Waals surface area (Å²) in [5.41, 5.74) is -0.394. The molecule has 6 nitrogen and oxygen atoms in total. The van der Waals surface area contributed by atoms with Gasteiger partial charge in [0.25, 0.3) is 11.8 Å². The first-order chi connectivity index (χ1) is 13.6. The van der Waals surface area contributed by atoms with Crippen LogP contribution in [0.1, 0.15) is 56.4 Å². The van der Waals surface area contributed by atoms with Gasteiger partial charge in [0, 0.05) is 0 Å². The van der Waals surface area contributed by atoms with Gasteiger partial charge in [0.15, 0.2) is 0 Å². The Bertz CT molecular complexity index is 765. The molecule has 0 bridgehead atoms. The van der Waals surface area contributed by atoms with Crippen LogP contribution in [0, 0.1) is 11.8 Å². The van der Waals surface area contributed by atoms with Gasteiger partial charge in [0.2, 0.25) is 5.88 Å². The minimum atomic E-state index is -2.70. The lowest BCUT2D eigenvalue weighted by Gasteiger charge is -2.40. The van der Waals surface area contributed by atoms with Crippen LogP contribution < -0.4 is 15.0 Å². The SMILES string of the molecule is CC(C)(O)[C@H](CC1CC1)NC(=O)c1ccc(N2CC(F)(F)C2)c(OCC2CC2)n1. The zero-order chi connectivity index (χ0) is 20.8. The van der Waals surface area contributed by atoms with Crippen LogP contribution >= 0.6 is 0 Å². The Morgan fingerprint density at radius 2 is 1.97 bits per heavy atom. The molecule has 1 atom stereocenters. The van der Waals surface area contributed by atoms with Crippen molar-refractivity contribution >= 4 is 11.6 Å². The van der Waals surface area contributed by atoms with Gasteiger partial charge in [-0.25, -0.2) is 13.8 Å². The van der Waals surface area contributed by atoms with Crippen molar-refractivity contribution in [1.82, 2.24) is 10.3 Å². The fourth-order valence-electron chi connectivity index (χ4n) is 3.51. The molecule has 1 aromatic rings.